The number of amides is 2. The van der Waals surface area contributed by atoms with E-state index in [2.05, 4.69) is 9.88 Å². The fourth-order valence-electron chi connectivity index (χ4n) is 5.40. The Hall–Kier alpha value is -3.52. The second kappa shape index (κ2) is 8.85. The van der Waals surface area contributed by atoms with Crippen LogP contribution in [0.2, 0.25) is 0 Å². The zero-order valence-corrected chi connectivity index (χ0v) is 20.2. The molecule has 2 aromatic heterocycles. The van der Waals surface area contributed by atoms with E-state index in [1.807, 2.05) is 48.7 Å². The lowest BCUT2D eigenvalue weighted by Crippen LogP contribution is -2.38. The molecule has 0 unspecified atom stereocenters. The fourth-order valence-corrected chi connectivity index (χ4v) is 6.80. The van der Waals surface area contributed by atoms with Crippen LogP contribution in [-0.2, 0) is 25.6 Å². The number of fused-ring (bicyclic) bond motifs is 5. The molecular formula is C28H24F3N3OS. The van der Waals surface area contributed by atoms with Gasteiger partial charge in [0.2, 0.25) is 0 Å². The van der Waals surface area contributed by atoms with Gasteiger partial charge in [0.1, 0.15) is 5.00 Å². The number of nitrogens with one attached hydrogen (secondary N) is 1. The Morgan fingerprint density at radius 2 is 1.67 bits per heavy atom. The number of aryl methyl sites for hydroxylation is 1. The molecule has 0 spiro atoms. The topological polar surface area (TPSA) is 37.3 Å². The predicted octanol–water partition coefficient (Wildman–Crippen LogP) is 7.57. The highest BCUT2D eigenvalue weighted by molar-refractivity contribution is 7.15. The van der Waals surface area contributed by atoms with E-state index in [4.69, 9.17) is 0 Å². The molecule has 0 fully saturated rings. The monoisotopic (exact) mass is 507 g/mol. The van der Waals surface area contributed by atoms with Crippen LogP contribution >= 0.6 is 11.3 Å². The first-order valence-electron chi connectivity index (χ1n) is 12.0. The number of hydrogen-bond donors (Lipinski definition) is 1. The Morgan fingerprint density at radius 1 is 0.917 bits per heavy atom. The summed E-state index contributed by atoms with van der Waals surface area (Å²) in [6, 6.07) is 17.7. The van der Waals surface area contributed by atoms with Gasteiger partial charge < -0.3 is 14.8 Å². The Labute approximate surface area is 211 Å². The maximum Gasteiger partial charge on any atom is 0.418 e. The highest BCUT2D eigenvalue weighted by Crippen LogP contribution is 2.44. The first-order valence-corrected chi connectivity index (χ1v) is 12.8. The van der Waals surface area contributed by atoms with Crippen LogP contribution in [0.1, 0.15) is 51.7 Å². The molecule has 4 nitrogen and oxygen atoms in total. The molecule has 0 radical (unpaired) electrons. The fraction of sp³-hybridized carbons (Fsp3) is 0.250. The van der Waals surface area contributed by atoms with E-state index in [-0.39, 0.29) is 5.69 Å². The normalized spacial score (nSPS) is 17.1. The zero-order chi connectivity index (χ0) is 24.9. The highest BCUT2D eigenvalue weighted by Gasteiger charge is 2.38. The minimum atomic E-state index is -4.57. The number of rotatable bonds is 2. The van der Waals surface area contributed by atoms with Gasteiger partial charge in [0, 0.05) is 16.6 Å². The van der Waals surface area contributed by atoms with Crippen molar-refractivity contribution in [3.63, 3.8) is 0 Å². The van der Waals surface area contributed by atoms with Gasteiger partial charge in [0.15, 0.2) is 0 Å². The number of carbonyl (C=O) groups is 1. The zero-order valence-electron chi connectivity index (χ0n) is 19.4. The highest BCUT2D eigenvalue weighted by atomic mass is 32.1. The van der Waals surface area contributed by atoms with E-state index in [1.54, 1.807) is 16.2 Å². The molecule has 1 aliphatic heterocycles. The van der Waals surface area contributed by atoms with Crippen LogP contribution in [0.25, 0.3) is 5.00 Å². The lowest BCUT2D eigenvalue weighted by Gasteiger charge is -2.31. The molecule has 3 heterocycles. The van der Waals surface area contributed by atoms with Gasteiger partial charge in [0.05, 0.1) is 29.5 Å². The van der Waals surface area contributed by atoms with Crippen molar-refractivity contribution in [2.45, 2.75) is 44.4 Å². The number of nitrogens with zero attached hydrogens (tertiary/aromatic N) is 2. The molecule has 2 amide bonds. The van der Waals surface area contributed by atoms with Gasteiger partial charge in [-0.2, -0.15) is 13.2 Å². The van der Waals surface area contributed by atoms with E-state index in [0.29, 0.717) is 6.54 Å². The van der Waals surface area contributed by atoms with Crippen LogP contribution in [-0.4, -0.2) is 15.5 Å². The molecule has 1 N–H and O–H groups in total. The number of urea groups is 1. The van der Waals surface area contributed by atoms with Crippen molar-refractivity contribution >= 4 is 23.1 Å². The third-order valence-electron chi connectivity index (χ3n) is 7.03. The number of para-hydroxylation sites is 1. The van der Waals surface area contributed by atoms with Gasteiger partial charge in [-0.1, -0.05) is 42.5 Å². The second-order valence-corrected chi connectivity index (χ2v) is 10.3. The van der Waals surface area contributed by atoms with Crippen molar-refractivity contribution in [3.05, 3.63) is 106 Å². The number of alkyl halides is 3. The molecule has 0 bridgehead atoms. The SMILES string of the molecule is O=C(Nc1ccccc1C(F)(F)F)N1Cc2c(sc3c2CCCC3)-n2cccc2[C@H]1c1ccccc1. The summed E-state index contributed by atoms with van der Waals surface area (Å²) < 4.78 is 43.2. The minimum Gasteiger partial charge on any atom is -0.310 e. The molecule has 0 saturated carbocycles. The Balaban J connectivity index is 1.49. The Morgan fingerprint density at radius 3 is 2.47 bits per heavy atom. The van der Waals surface area contributed by atoms with Crippen LogP contribution in [0.5, 0.6) is 0 Å². The van der Waals surface area contributed by atoms with Gasteiger partial charge in [-0.05, 0) is 61.1 Å². The molecule has 2 aromatic carbocycles. The van der Waals surface area contributed by atoms with Gasteiger partial charge >= 0.3 is 12.2 Å². The average molecular weight is 508 g/mol. The molecule has 184 valence electrons. The molecule has 4 aromatic rings. The van der Waals surface area contributed by atoms with E-state index in [1.165, 1.54) is 28.6 Å². The van der Waals surface area contributed by atoms with Gasteiger partial charge in [-0.25, -0.2) is 4.79 Å². The van der Waals surface area contributed by atoms with E-state index < -0.39 is 23.8 Å². The summed E-state index contributed by atoms with van der Waals surface area (Å²) in [6.07, 6.45) is 1.68. The van der Waals surface area contributed by atoms with Gasteiger partial charge in [-0.15, -0.1) is 11.3 Å². The molecule has 2 aliphatic rings. The second-order valence-electron chi connectivity index (χ2n) is 9.21. The number of hydrogen-bond acceptors (Lipinski definition) is 2. The van der Waals surface area contributed by atoms with Crippen LogP contribution in [0.15, 0.2) is 72.9 Å². The third kappa shape index (κ3) is 3.89. The van der Waals surface area contributed by atoms with Crippen molar-refractivity contribution in [1.29, 1.82) is 0 Å². The number of halogens is 3. The minimum absolute atomic E-state index is 0.242. The summed E-state index contributed by atoms with van der Waals surface area (Å²) in [7, 11) is 0. The lowest BCUT2D eigenvalue weighted by molar-refractivity contribution is -0.136. The summed E-state index contributed by atoms with van der Waals surface area (Å²) in [6.45, 7) is 0.322. The van der Waals surface area contributed by atoms with Crippen molar-refractivity contribution in [2.75, 3.05) is 5.32 Å². The summed E-state index contributed by atoms with van der Waals surface area (Å²) in [5, 5.41) is 3.71. The standard InChI is InChI=1S/C28H24F3N3OS/c29-28(30,31)21-12-5-6-13-22(21)32-27(35)34-17-20-19-11-4-7-15-24(19)36-26(20)33-16-8-14-23(33)25(34)18-9-2-1-3-10-18/h1-3,5-6,8-10,12-14,16,25H,4,7,11,15,17H2,(H,32,35)/t25-/m1/s1. The van der Waals surface area contributed by atoms with Crippen LogP contribution in [0, 0.1) is 0 Å². The number of carbonyl (C=O) groups excluding carboxylic acids is 1. The van der Waals surface area contributed by atoms with Crippen LogP contribution in [0.3, 0.4) is 0 Å². The average Bonchev–Trinajstić information content (AvgIpc) is 3.46. The van der Waals surface area contributed by atoms with Crippen molar-refractivity contribution in [2.24, 2.45) is 0 Å². The molecule has 36 heavy (non-hydrogen) atoms. The van der Waals surface area contributed by atoms with Crippen molar-refractivity contribution in [3.8, 4) is 5.00 Å². The third-order valence-corrected chi connectivity index (χ3v) is 8.36. The van der Waals surface area contributed by atoms with Crippen molar-refractivity contribution < 1.29 is 18.0 Å². The van der Waals surface area contributed by atoms with Gasteiger partial charge in [-0.3, -0.25) is 0 Å². The molecule has 0 saturated heterocycles. The smallest absolute Gasteiger partial charge is 0.310 e. The quantitative estimate of drug-likeness (QED) is 0.298. The number of anilines is 1. The Bertz CT molecular complexity index is 1420. The largest absolute Gasteiger partial charge is 0.418 e. The molecule has 6 rings (SSSR count). The summed E-state index contributed by atoms with van der Waals surface area (Å²) in [5.74, 6) is 0. The summed E-state index contributed by atoms with van der Waals surface area (Å²) in [4.78, 5) is 16.9. The molecule has 1 aliphatic carbocycles. The molecular weight excluding hydrogens is 483 g/mol. The van der Waals surface area contributed by atoms with E-state index >= 15 is 0 Å². The molecule has 1 atom stereocenters. The van der Waals surface area contributed by atoms with Crippen molar-refractivity contribution in [1.82, 2.24) is 9.47 Å². The van der Waals surface area contributed by atoms with E-state index in [0.717, 1.165) is 53.6 Å². The Kier molecular flexibility index (Phi) is 5.63. The summed E-state index contributed by atoms with van der Waals surface area (Å²) >= 11 is 1.78. The van der Waals surface area contributed by atoms with E-state index in [9.17, 15) is 18.0 Å². The lowest BCUT2D eigenvalue weighted by atomic mass is 9.95. The number of aromatic nitrogens is 1. The number of thiophene rings is 1. The first kappa shape index (κ1) is 22.9. The maximum absolute atomic E-state index is 13.9. The first-order chi connectivity index (χ1) is 17.4. The summed E-state index contributed by atoms with van der Waals surface area (Å²) in [5.41, 5.74) is 3.11. The maximum atomic E-state index is 13.9. The predicted molar refractivity (Wildman–Crippen MR) is 135 cm³/mol. The number of benzene rings is 2. The molecule has 8 heteroatoms. The van der Waals surface area contributed by atoms with Gasteiger partial charge in [0.25, 0.3) is 0 Å². The van der Waals surface area contributed by atoms with Crippen LogP contribution < -0.4 is 5.32 Å². The van der Waals surface area contributed by atoms with Crippen LogP contribution in [0.4, 0.5) is 23.7 Å².